The highest BCUT2D eigenvalue weighted by Gasteiger charge is 2.21. The van der Waals surface area contributed by atoms with Crippen LogP contribution in [0.1, 0.15) is 48.9 Å². The molecule has 28 heavy (non-hydrogen) atoms. The van der Waals surface area contributed by atoms with Crippen LogP contribution in [-0.4, -0.2) is 30.4 Å². The van der Waals surface area contributed by atoms with Gasteiger partial charge < -0.3 is 15.5 Å². The second-order valence-corrected chi connectivity index (χ2v) is 7.82. The van der Waals surface area contributed by atoms with Crippen molar-refractivity contribution in [3.63, 3.8) is 0 Å². The smallest absolute Gasteiger partial charge is 0.227 e. The summed E-state index contributed by atoms with van der Waals surface area (Å²) in [4.78, 5) is 22.6. The Kier molecular flexibility index (Phi) is 8.68. The van der Waals surface area contributed by atoms with Gasteiger partial charge in [0, 0.05) is 43.5 Å². The van der Waals surface area contributed by atoms with Crippen LogP contribution in [0, 0.1) is 0 Å². The normalized spacial score (nSPS) is 14.4. The van der Waals surface area contributed by atoms with Gasteiger partial charge >= 0.3 is 0 Å². The maximum atomic E-state index is 11.8. The maximum absolute atomic E-state index is 11.8. The number of carbonyl (C=O) groups excluding carboxylic acids is 1. The highest BCUT2D eigenvalue weighted by Crippen LogP contribution is 2.21. The number of thiazole rings is 1. The van der Waals surface area contributed by atoms with E-state index in [2.05, 4.69) is 52.0 Å². The third-order valence-electron chi connectivity index (χ3n) is 4.51. The van der Waals surface area contributed by atoms with Crippen molar-refractivity contribution in [2.24, 2.45) is 4.99 Å². The number of halogens is 1. The molecule has 0 saturated carbocycles. The van der Waals surface area contributed by atoms with Crippen molar-refractivity contribution in [1.29, 1.82) is 0 Å². The van der Waals surface area contributed by atoms with Gasteiger partial charge in [-0.3, -0.25) is 9.79 Å². The number of hydrogen-bond acceptors (Lipinski definition) is 4. The largest absolute Gasteiger partial charge is 0.352 e. The van der Waals surface area contributed by atoms with E-state index in [-0.39, 0.29) is 29.9 Å². The SMILES string of the molecule is CN=C(NCc1ccc(N2CCCC2=O)cc1)NCc1csc(C(C)C)n1.I. The molecule has 2 heterocycles. The van der Waals surface area contributed by atoms with Crippen LogP contribution in [0.25, 0.3) is 0 Å². The third kappa shape index (κ3) is 5.91. The van der Waals surface area contributed by atoms with Crippen LogP contribution in [0.3, 0.4) is 0 Å². The number of aromatic nitrogens is 1. The average Bonchev–Trinajstić information content (AvgIpc) is 3.31. The van der Waals surface area contributed by atoms with Crippen molar-refractivity contribution in [2.75, 3.05) is 18.5 Å². The molecule has 0 bridgehead atoms. The van der Waals surface area contributed by atoms with E-state index < -0.39 is 0 Å². The van der Waals surface area contributed by atoms with Crippen LogP contribution >= 0.6 is 35.3 Å². The zero-order valence-corrected chi connectivity index (χ0v) is 19.7. The summed E-state index contributed by atoms with van der Waals surface area (Å²) in [5, 5.41) is 9.87. The van der Waals surface area contributed by atoms with Gasteiger partial charge in [-0.25, -0.2) is 4.98 Å². The number of anilines is 1. The number of aliphatic imine (C=N–C) groups is 1. The molecule has 0 radical (unpaired) electrons. The van der Waals surface area contributed by atoms with Crippen LogP contribution in [0.5, 0.6) is 0 Å². The van der Waals surface area contributed by atoms with Crippen molar-refractivity contribution in [1.82, 2.24) is 15.6 Å². The third-order valence-corrected chi connectivity index (χ3v) is 5.70. The molecule has 2 aromatic rings. The number of guanidine groups is 1. The molecular weight excluding hydrogens is 485 g/mol. The first kappa shape index (κ1) is 22.6. The Morgan fingerprint density at radius 2 is 1.96 bits per heavy atom. The van der Waals surface area contributed by atoms with E-state index in [0.29, 0.717) is 25.4 Å². The number of carbonyl (C=O) groups is 1. The van der Waals surface area contributed by atoms with Crippen LogP contribution in [-0.2, 0) is 17.9 Å². The fourth-order valence-electron chi connectivity index (χ4n) is 2.96. The van der Waals surface area contributed by atoms with Gasteiger partial charge in [0.15, 0.2) is 5.96 Å². The summed E-state index contributed by atoms with van der Waals surface area (Å²) >= 11 is 1.70. The van der Waals surface area contributed by atoms with E-state index in [1.165, 1.54) is 0 Å². The van der Waals surface area contributed by atoms with Gasteiger partial charge in [0.05, 0.1) is 17.2 Å². The Morgan fingerprint density at radius 3 is 2.54 bits per heavy atom. The minimum Gasteiger partial charge on any atom is -0.352 e. The molecule has 1 aromatic heterocycles. The molecular formula is C20H28IN5OS. The average molecular weight is 513 g/mol. The summed E-state index contributed by atoms with van der Waals surface area (Å²) in [5.74, 6) is 1.42. The Bertz CT molecular complexity index is 803. The lowest BCUT2D eigenvalue weighted by Crippen LogP contribution is -2.36. The van der Waals surface area contributed by atoms with E-state index in [1.54, 1.807) is 18.4 Å². The first-order chi connectivity index (χ1) is 13.1. The molecule has 0 spiro atoms. The summed E-state index contributed by atoms with van der Waals surface area (Å²) in [6.07, 6.45) is 1.60. The molecule has 1 amide bonds. The van der Waals surface area contributed by atoms with E-state index in [1.807, 2.05) is 17.0 Å². The molecule has 1 saturated heterocycles. The highest BCUT2D eigenvalue weighted by atomic mass is 127. The molecule has 1 fully saturated rings. The van der Waals surface area contributed by atoms with Crippen molar-refractivity contribution < 1.29 is 4.79 Å². The Morgan fingerprint density at radius 1 is 1.25 bits per heavy atom. The zero-order chi connectivity index (χ0) is 19.2. The minimum atomic E-state index is 0. The van der Waals surface area contributed by atoms with Crippen molar-refractivity contribution in [2.45, 2.75) is 45.7 Å². The molecule has 6 nitrogen and oxygen atoms in total. The molecule has 0 atom stereocenters. The molecule has 152 valence electrons. The summed E-state index contributed by atoms with van der Waals surface area (Å²) in [7, 11) is 1.76. The number of nitrogens with one attached hydrogen (secondary N) is 2. The van der Waals surface area contributed by atoms with Gasteiger partial charge in [-0.2, -0.15) is 0 Å². The molecule has 3 rings (SSSR count). The molecule has 0 aliphatic carbocycles. The Labute approximate surface area is 187 Å². The number of benzene rings is 1. The Hall–Kier alpha value is -1.68. The second-order valence-electron chi connectivity index (χ2n) is 6.93. The standard InChI is InChI=1S/C20H27N5OS.HI/c1-14(2)19-24-16(13-27-19)12-23-20(21-3)22-11-15-6-8-17(9-7-15)25-10-4-5-18(25)26;/h6-9,13-14H,4-5,10-12H2,1-3H3,(H2,21,22,23);1H. The first-order valence-corrected chi connectivity index (χ1v) is 10.2. The fourth-order valence-corrected chi connectivity index (χ4v) is 3.80. The monoisotopic (exact) mass is 513 g/mol. The van der Waals surface area contributed by atoms with Crippen LogP contribution in [0.2, 0.25) is 0 Å². The topological polar surface area (TPSA) is 69.6 Å². The number of hydrogen-bond donors (Lipinski definition) is 2. The number of nitrogens with zero attached hydrogens (tertiary/aromatic N) is 3. The van der Waals surface area contributed by atoms with Gasteiger partial charge in [-0.05, 0) is 24.1 Å². The lowest BCUT2D eigenvalue weighted by molar-refractivity contribution is -0.117. The van der Waals surface area contributed by atoms with E-state index in [0.717, 1.165) is 40.9 Å². The predicted octanol–water partition coefficient (Wildman–Crippen LogP) is 3.88. The summed E-state index contributed by atoms with van der Waals surface area (Å²) in [6, 6.07) is 8.13. The van der Waals surface area contributed by atoms with E-state index in [9.17, 15) is 4.79 Å². The van der Waals surface area contributed by atoms with Crippen LogP contribution in [0.4, 0.5) is 5.69 Å². The number of rotatable bonds is 6. The summed E-state index contributed by atoms with van der Waals surface area (Å²) < 4.78 is 0. The van der Waals surface area contributed by atoms with E-state index >= 15 is 0 Å². The summed E-state index contributed by atoms with van der Waals surface area (Å²) in [5.41, 5.74) is 3.16. The van der Waals surface area contributed by atoms with Crippen molar-refractivity contribution in [3.8, 4) is 0 Å². The minimum absolute atomic E-state index is 0. The number of amides is 1. The molecule has 8 heteroatoms. The quantitative estimate of drug-likeness (QED) is 0.350. The first-order valence-electron chi connectivity index (χ1n) is 9.35. The summed E-state index contributed by atoms with van der Waals surface area (Å²) in [6.45, 7) is 6.45. The zero-order valence-electron chi connectivity index (χ0n) is 16.6. The van der Waals surface area contributed by atoms with Crippen LogP contribution < -0.4 is 15.5 Å². The van der Waals surface area contributed by atoms with Gasteiger partial charge in [0.2, 0.25) is 5.91 Å². The molecule has 1 aliphatic rings. The van der Waals surface area contributed by atoms with E-state index in [4.69, 9.17) is 0 Å². The molecule has 1 aromatic carbocycles. The predicted molar refractivity (Wildman–Crippen MR) is 127 cm³/mol. The van der Waals surface area contributed by atoms with Crippen molar-refractivity contribution in [3.05, 3.63) is 45.9 Å². The van der Waals surface area contributed by atoms with Gasteiger partial charge in [0.1, 0.15) is 0 Å². The van der Waals surface area contributed by atoms with Crippen molar-refractivity contribution >= 4 is 52.9 Å². The maximum Gasteiger partial charge on any atom is 0.227 e. The molecule has 0 unspecified atom stereocenters. The van der Waals surface area contributed by atoms with Gasteiger partial charge in [-0.15, -0.1) is 35.3 Å². The van der Waals surface area contributed by atoms with Gasteiger partial charge in [0.25, 0.3) is 0 Å². The lowest BCUT2D eigenvalue weighted by atomic mass is 10.2. The van der Waals surface area contributed by atoms with Crippen LogP contribution in [0.15, 0.2) is 34.6 Å². The second kappa shape index (κ2) is 10.8. The molecule has 1 aliphatic heterocycles. The Balaban J connectivity index is 0.00000280. The molecule has 2 N–H and O–H groups in total. The highest BCUT2D eigenvalue weighted by molar-refractivity contribution is 14.0. The van der Waals surface area contributed by atoms with Gasteiger partial charge in [-0.1, -0.05) is 26.0 Å². The fraction of sp³-hybridized carbons (Fsp3) is 0.450. The lowest BCUT2D eigenvalue weighted by Gasteiger charge is -2.16.